The Bertz CT molecular complexity index is 603. The summed E-state index contributed by atoms with van der Waals surface area (Å²) >= 11 is 0. The number of ether oxygens (including phenoxy) is 1. The van der Waals surface area contributed by atoms with Crippen molar-refractivity contribution in [1.82, 2.24) is 5.32 Å². The van der Waals surface area contributed by atoms with Crippen LogP contribution < -0.4 is 10.1 Å². The Morgan fingerprint density at radius 3 is 2.50 bits per heavy atom. The maximum Gasteiger partial charge on any atom is 0.243 e. The molecule has 0 fully saturated rings. The quantitative estimate of drug-likeness (QED) is 0.789. The van der Waals surface area contributed by atoms with Crippen LogP contribution in [-0.2, 0) is 11.4 Å². The summed E-state index contributed by atoms with van der Waals surface area (Å²) in [6.07, 6.45) is 4.29. The topological polar surface area (TPSA) is 38.3 Å². The Hall–Kier alpha value is -2.55. The van der Waals surface area contributed by atoms with Crippen molar-refractivity contribution >= 4 is 12.0 Å². The van der Waals surface area contributed by atoms with Crippen LogP contribution in [0.5, 0.6) is 5.75 Å². The summed E-state index contributed by atoms with van der Waals surface area (Å²) in [4.78, 5) is 11.5. The van der Waals surface area contributed by atoms with Gasteiger partial charge in [-0.2, -0.15) is 0 Å². The molecular weight excluding hydrogens is 274 g/mol. The van der Waals surface area contributed by atoms with E-state index >= 15 is 0 Å². The molecule has 0 radical (unpaired) electrons. The Balaban J connectivity index is 1.85. The van der Waals surface area contributed by atoms with Crippen molar-refractivity contribution in [2.24, 2.45) is 0 Å². The predicted octanol–water partition coefficient (Wildman–Crippen LogP) is 3.81. The van der Waals surface area contributed by atoms with E-state index in [9.17, 15) is 4.79 Å². The van der Waals surface area contributed by atoms with Gasteiger partial charge in [0.15, 0.2) is 0 Å². The molecule has 1 N–H and O–H groups in total. The van der Waals surface area contributed by atoms with E-state index in [4.69, 9.17) is 4.74 Å². The molecule has 0 aromatic heterocycles. The summed E-state index contributed by atoms with van der Waals surface area (Å²) in [6, 6.07) is 17.7. The van der Waals surface area contributed by atoms with Crippen LogP contribution in [0.1, 0.15) is 24.5 Å². The number of carbonyl (C=O) groups is 1. The van der Waals surface area contributed by atoms with Gasteiger partial charge in [0, 0.05) is 12.6 Å². The normalized spacial score (nSPS) is 10.6. The van der Waals surface area contributed by atoms with Crippen LogP contribution in [-0.4, -0.2) is 12.5 Å². The SMILES string of the molecule is CCCNC(=O)/C=C/c1ccc(OCc2ccccc2)cc1. The van der Waals surface area contributed by atoms with Crippen LogP contribution in [0.25, 0.3) is 6.08 Å². The maximum atomic E-state index is 11.5. The molecule has 2 aromatic rings. The van der Waals surface area contributed by atoms with E-state index in [1.807, 2.05) is 61.5 Å². The van der Waals surface area contributed by atoms with E-state index in [0.29, 0.717) is 13.2 Å². The van der Waals surface area contributed by atoms with Crippen LogP contribution in [0.2, 0.25) is 0 Å². The number of rotatable bonds is 7. The average Bonchev–Trinajstić information content (AvgIpc) is 2.58. The summed E-state index contributed by atoms with van der Waals surface area (Å²) < 4.78 is 5.72. The Kier molecular flexibility index (Phi) is 6.24. The van der Waals surface area contributed by atoms with Gasteiger partial charge in [-0.3, -0.25) is 4.79 Å². The lowest BCUT2D eigenvalue weighted by Gasteiger charge is -2.06. The molecule has 0 heterocycles. The fraction of sp³-hybridized carbons (Fsp3) is 0.211. The lowest BCUT2D eigenvalue weighted by molar-refractivity contribution is -0.116. The fourth-order valence-corrected chi connectivity index (χ4v) is 1.90. The predicted molar refractivity (Wildman–Crippen MR) is 89.6 cm³/mol. The molecule has 0 spiro atoms. The van der Waals surface area contributed by atoms with Crippen molar-refractivity contribution in [2.45, 2.75) is 20.0 Å². The van der Waals surface area contributed by atoms with Gasteiger partial charge in [0.2, 0.25) is 5.91 Å². The third-order valence-corrected chi connectivity index (χ3v) is 3.10. The molecule has 114 valence electrons. The molecule has 0 atom stereocenters. The minimum Gasteiger partial charge on any atom is -0.489 e. The molecule has 3 nitrogen and oxygen atoms in total. The van der Waals surface area contributed by atoms with Gasteiger partial charge in [-0.1, -0.05) is 49.4 Å². The lowest BCUT2D eigenvalue weighted by Crippen LogP contribution is -2.21. The van der Waals surface area contributed by atoms with Gasteiger partial charge in [0.05, 0.1) is 0 Å². The minimum atomic E-state index is -0.0637. The highest BCUT2D eigenvalue weighted by molar-refractivity contribution is 5.91. The van der Waals surface area contributed by atoms with E-state index in [2.05, 4.69) is 5.32 Å². The summed E-state index contributed by atoms with van der Waals surface area (Å²) in [6.45, 7) is 3.28. The van der Waals surface area contributed by atoms with Crippen molar-refractivity contribution in [1.29, 1.82) is 0 Å². The van der Waals surface area contributed by atoms with Gasteiger partial charge in [-0.25, -0.2) is 0 Å². The number of benzene rings is 2. The molecule has 3 heteroatoms. The summed E-state index contributed by atoms with van der Waals surface area (Å²) in [7, 11) is 0. The molecule has 0 saturated carbocycles. The summed E-state index contributed by atoms with van der Waals surface area (Å²) in [5, 5.41) is 2.80. The van der Waals surface area contributed by atoms with E-state index in [0.717, 1.165) is 23.3 Å². The van der Waals surface area contributed by atoms with Gasteiger partial charge < -0.3 is 10.1 Å². The fourth-order valence-electron chi connectivity index (χ4n) is 1.90. The molecule has 2 rings (SSSR count). The van der Waals surface area contributed by atoms with E-state index in [-0.39, 0.29) is 5.91 Å². The van der Waals surface area contributed by atoms with Crippen molar-refractivity contribution < 1.29 is 9.53 Å². The zero-order valence-electron chi connectivity index (χ0n) is 12.8. The zero-order valence-corrected chi connectivity index (χ0v) is 12.8. The van der Waals surface area contributed by atoms with Gasteiger partial charge in [0.25, 0.3) is 0 Å². The number of hydrogen-bond acceptors (Lipinski definition) is 2. The first kappa shape index (κ1) is 15.8. The second kappa shape index (κ2) is 8.67. The lowest BCUT2D eigenvalue weighted by atomic mass is 10.2. The van der Waals surface area contributed by atoms with Crippen molar-refractivity contribution in [3.8, 4) is 5.75 Å². The van der Waals surface area contributed by atoms with Crippen molar-refractivity contribution in [3.63, 3.8) is 0 Å². The van der Waals surface area contributed by atoms with Crippen LogP contribution in [0.15, 0.2) is 60.7 Å². The van der Waals surface area contributed by atoms with Gasteiger partial charge in [0.1, 0.15) is 12.4 Å². The van der Waals surface area contributed by atoms with Gasteiger partial charge in [-0.15, -0.1) is 0 Å². The average molecular weight is 295 g/mol. The first-order chi connectivity index (χ1) is 10.8. The van der Waals surface area contributed by atoms with Crippen molar-refractivity contribution in [3.05, 3.63) is 71.8 Å². The molecule has 0 bridgehead atoms. The number of amides is 1. The Morgan fingerprint density at radius 1 is 1.09 bits per heavy atom. The molecular formula is C19H21NO2. The molecule has 0 aliphatic rings. The van der Waals surface area contributed by atoms with E-state index in [1.165, 1.54) is 0 Å². The van der Waals surface area contributed by atoms with Crippen LogP contribution in [0.4, 0.5) is 0 Å². The highest BCUT2D eigenvalue weighted by Crippen LogP contribution is 2.15. The van der Waals surface area contributed by atoms with E-state index < -0.39 is 0 Å². The monoisotopic (exact) mass is 295 g/mol. The number of hydrogen-bond donors (Lipinski definition) is 1. The largest absolute Gasteiger partial charge is 0.489 e. The molecule has 22 heavy (non-hydrogen) atoms. The Morgan fingerprint density at radius 2 is 1.82 bits per heavy atom. The second-order valence-electron chi connectivity index (χ2n) is 4.97. The number of carbonyl (C=O) groups excluding carboxylic acids is 1. The van der Waals surface area contributed by atoms with Crippen LogP contribution in [0, 0.1) is 0 Å². The molecule has 0 saturated heterocycles. The number of nitrogens with one attached hydrogen (secondary N) is 1. The van der Waals surface area contributed by atoms with Gasteiger partial charge >= 0.3 is 0 Å². The Labute approximate surface area is 131 Å². The smallest absolute Gasteiger partial charge is 0.243 e. The first-order valence-corrected chi connectivity index (χ1v) is 7.50. The molecule has 0 unspecified atom stereocenters. The summed E-state index contributed by atoms with van der Waals surface area (Å²) in [5.41, 5.74) is 2.11. The van der Waals surface area contributed by atoms with Gasteiger partial charge in [-0.05, 0) is 35.8 Å². The molecule has 2 aromatic carbocycles. The summed E-state index contributed by atoms with van der Waals surface area (Å²) in [5.74, 6) is 0.752. The second-order valence-corrected chi connectivity index (χ2v) is 4.97. The molecule has 1 amide bonds. The standard InChI is InChI=1S/C19H21NO2/c1-2-14-20-19(21)13-10-16-8-11-18(12-9-16)22-15-17-6-4-3-5-7-17/h3-13H,2,14-15H2,1H3,(H,20,21)/b13-10+. The zero-order chi connectivity index (χ0) is 15.6. The van der Waals surface area contributed by atoms with Crippen LogP contribution in [0.3, 0.4) is 0 Å². The minimum absolute atomic E-state index is 0.0637. The third kappa shape index (κ3) is 5.44. The highest BCUT2D eigenvalue weighted by Gasteiger charge is 1.97. The van der Waals surface area contributed by atoms with Crippen molar-refractivity contribution in [2.75, 3.05) is 6.54 Å². The highest BCUT2D eigenvalue weighted by atomic mass is 16.5. The molecule has 0 aliphatic heterocycles. The third-order valence-electron chi connectivity index (χ3n) is 3.10. The first-order valence-electron chi connectivity index (χ1n) is 7.50. The maximum absolute atomic E-state index is 11.5. The van der Waals surface area contributed by atoms with E-state index in [1.54, 1.807) is 12.2 Å². The molecule has 0 aliphatic carbocycles. The van der Waals surface area contributed by atoms with Crippen LogP contribution >= 0.6 is 0 Å².